The van der Waals surface area contributed by atoms with Gasteiger partial charge in [-0.3, -0.25) is 4.79 Å². The highest BCUT2D eigenvalue weighted by atomic mass is 35.5. The van der Waals surface area contributed by atoms with Crippen molar-refractivity contribution in [3.63, 3.8) is 0 Å². The number of halogens is 1. The first kappa shape index (κ1) is 17.4. The Morgan fingerprint density at radius 1 is 1.12 bits per heavy atom. The van der Waals surface area contributed by atoms with Gasteiger partial charge in [-0.25, -0.2) is 0 Å². The molecule has 0 fully saturated rings. The summed E-state index contributed by atoms with van der Waals surface area (Å²) in [5.41, 5.74) is 0. The summed E-state index contributed by atoms with van der Waals surface area (Å²) in [7, 11) is 1.72. The first-order chi connectivity index (χ1) is 12.1. The van der Waals surface area contributed by atoms with E-state index in [4.69, 9.17) is 25.8 Å². The molecule has 0 N–H and O–H groups in total. The third-order valence-electron chi connectivity index (χ3n) is 3.98. The Kier molecular flexibility index (Phi) is 5.34. The standard InChI is InChI=1S/C19H20ClNO4/c1-13-18(25-17-10-6-5-9-16(17)24-13)19(22)21(2)11-12-23-15-8-4-3-7-14(15)20/h3-10,13,18H,11-12H2,1-2H3/t13-,18-/m1/s1. The average molecular weight is 362 g/mol. The highest BCUT2D eigenvalue weighted by Gasteiger charge is 2.35. The van der Waals surface area contributed by atoms with Gasteiger partial charge in [0.1, 0.15) is 18.5 Å². The van der Waals surface area contributed by atoms with Crippen LogP contribution in [0.15, 0.2) is 48.5 Å². The molecule has 132 valence electrons. The molecule has 2 aromatic rings. The number of ether oxygens (including phenoxy) is 3. The van der Waals surface area contributed by atoms with Crippen LogP contribution in [0.4, 0.5) is 0 Å². The molecule has 5 nitrogen and oxygen atoms in total. The zero-order valence-corrected chi connectivity index (χ0v) is 14.9. The molecule has 3 rings (SSSR count). The Morgan fingerprint density at radius 2 is 1.76 bits per heavy atom. The lowest BCUT2D eigenvalue weighted by Gasteiger charge is -2.33. The van der Waals surface area contributed by atoms with Crippen molar-refractivity contribution < 1.29 is 19.0 Å². The molecule has 6 heteroatoms. The van der Waals surface area contributed by atoms with E-state index in [0.717, 1.165) is 0 Å². The van der Waals surface area contributed by atoms with E-state index in [-0.39, 0.29) is 12.0 Å². The van der Waals surface area contributed by atoms with Crippen LogP contribution in [0.25, 0.3) is 0 Å². The molecule has 0 bridgehead atoms. The molecule has 1 aliphatic heterocycles. The minimum absolute atomic E-state index is 0.148. The smallest absolute Gasteiger partial charge is 0.267 e. The van der Waals surface area contributed by atoms with Gasteiger partial charge in [0.25, 0.3) is 5.91 Å². The number of hydrogen-bond acceptors (Lipinski definition) is 4. The summed E-state index contributed by atoms with van der Waals surface area (Å²) in [5.74, 6) is 1.69. The van der Waals surface area contributed by atoms with Crippen LogP contribution < -0.4 is 14.2 Å². The first-order valence-corrected chi connectivity index (χ1v) is 8.48. The van der Waals surface area contributed by atoms with E-state index in [9.17, 15) is 4.79 Å². The van der Waals surface area contributed by atoms with Crippen LogP contribution in [0.3, 0.4) is 0 Å². The lowest BCUT2D eigenvalue weighted by Crippen LogP contribution is -2.50. The van der Waals surface area contributed by atoms with E-state index in [1.165, 1.54) is 0 Å². The predicted molar refractivity (Wildman–Crippen MR) is 95.5 cm³/mol. The first-order valence-electron chi connectivity index (χ1n) is 8.11. The topological polar surface area (TPSA) is 48.0 Å². The van der Waals surface area contributed by atoms with E-state index in [0.29, 0.717) is 35.4 Å². The molecule has 0 unspecified atom stereocenters. The van der Waals surface area contributed by atoms with Crippen LogP contribution in [-0.4, -0.2) is 43.2 Å². The molecule has 1 aliphatic rings. The summed E-state index contributed by atoms with van der Waals surface area (Å²) in [6.45, 7) is 2.58. The Bertz CT molecular complexity index is 752. The molecule has 1 amide bonds. The van der Waals surface area contributed by atoms with Gasteiger partial charge in [0.2, 0.25) is 6.10 Å². The van der Waals surface area contributed by atoms with Crippen molar-refractivity contribution in [1.29, 1.82) is 0 Å². The quantitative estimate of drug-likeness (QED) is 0.818. The van der Waals surface area contributed by atoms with Crippen LogP contribution in [0, 0.1) is 0 Å². The largest absolute Gasteiger partial charge is 0.490 e. The third kappa shape index (κ3) is 3.99. The maximum Gasteiger partial charge on any atom is 0.267 e. The molecule has 0 radical (unpaired) electrons. The second-order valence-corrected chi connectivity index (χ2v) is 6.25. The molecule has 25 heavy (non-hydrogen) atoms. The number of carbonyl (C=O) groups excluding carboxylic acids is 1. The van der Waals surface area contributed by atoms with Crippen LogP contribution in [0.2, 0.25) is 5.02 Å². The molecular formula is C19H20ClNO4. The van der Waals surface area contributed by atoms with Crippen molar-refractivity contribution in [2.75, 3.05) is 20.2 Å². The highest BCUT2D eigenvalue weighted by Crippen LogP contribution is 2.33. The second kappa shape index (κ2) is 7.66. The third-order valence-corrected chi connectivity index (χ3v) is 4.30. The zero-order chi connectivity index (χ0) is 17.8. The summed E-state index contributed by atoms with van der Waals surface area (Å²) >= 11 is 6.05. The maximum absolute atomic E-state index is 12.7. The lowest BCUT2D eigenvalue weighted by atomic mass is 10.1. The van der Waals surface area contributed by atoms with Gasteiger partial charge in [0.15, 0.2) is 11.5 Å². The predicted octanol–water partition coefficient (Wildman–Crippen LogP) is 3.41. The van der Waals surface area contributed by atoms with E-state index < -0.39 is 6.10 Å². The van der Waals surface area contributed by atoms with Crippen molar-refractivity contribution in [3.8, 4) is 17.2 Å². The Balaban J connectivity index is 1.56. The lowest BCUT2D eigenvalue weighted by molar-refractivity contribution is -0.143. The normalized spacial score (nSPS) is 18.5. The summed E-state index contributed by atoms with van der Waals surface area (Å²) in [5, 5.41) is 0.547. The number of rotatable bonds is 5. The minimum atomic E-state index is -0.680. The zero-order valence-electron chi connectivity index (χ0n) is 14.1. The van der Waals surface area contributed by atoms with Crippen molar-refractivity contribution >= 4 is 17.5 Å². The van der Waals surface area contributed by atoms with Gasteiger partial charge in [0, 0.05) is 7.05 Å². The van der Waals surface area contributed by atoms with E-state index in [1.807, 2.05) is 37.3 Å². The summed E-state index contributed by atoms with van der Waals surface area (Å²) < 4.78 is 17.2. The van der Waals surface area contributed by atoms with Gasteiger partial charge in [-0.05, 0) is 31.2 Å². The van der Waals surface area contributed by atoms with Gasteiger partial charge in [-0.2, -0.15) is 0 Å². The van der Waals surface area contributed by atoms with Gasteiger partial charge in [-0.1, -0.05) is 35.9 Å². The van der Waals surface area contributed by atoms with Crippen molar-refractivity contribution in [1.82, 2.24) is 4.90 Å². The van der Waals surface area contributed by atoms with Crippen molar-refractivity contribution in [2.24, 2.45) is 0 Å². The molecule has 1 heterocycles. The monoisotopic (exact) mass is 361 g/mol. The number of carbonyl (C=O) groups is 1. The molecule has 2 atom stereocenters. The number of amides is 1. The fraction of sp³-hybridized carbons (Fsp3) is 0.316. The van der Waals surface area contributed by atoms with E-state index >= 15 is 0 Å². The van der Waals surface area contributed by atoms with Crippen molar-refractivity contribution in [2.45, 2.75) is 19.1 Å². The summed E-state index contributed by atoms with van der Waals surface area (Å²) in [6, 6.07) is 14.6. The number of nitrogens with zero attached hydrogens (tertiary/aromatic N) is 1. The fourth-order valence-corrected chi connectivity index (χ4v) is 2.76. The van der Waals surface area contributed by atoms with Crippen LogP contribution in [-0.2, 0) is 4.79 Å². The number of fused-ring (bicyclic) bond motifs is 1. The van der Waals surface area contributed by atoms with Crippen molar-refractivity contribution in [3.05, 3.63) is 53.6 Å². The molecule has 0 saturated carbocycles. The minimum Gasteiger partial charge on any atom is -0.490 e. The number of likely N-dealkylation sites (N-methyl/N-ethyl adjacent to an activating group) is 1. The Labute approximate surface area is 152 Å². The van der Waals surface area contributed by atoms with Gasteiger partial charge < -0.3 is 19.1 Å². The SMILES string of the molecule is C[C@H]1Oc2ccccc2O[C@H]1C(=O)N(C)CCOc1ccccc1Cl. The van der Waals surface area contributed by atoms with Gasteiger partial charge >= 0.3 is 0 Å². The fourth-order valence-electron chi connectivity index (χ4n) is 2.57. The Hall–Kier alpha value is -2.40. The van der Waals surface area contributed by atoms with E-state index in [1.54, 1.807) is 30.1 Å². The molecule has 0 spiro atoms. The molecule has 0 aromatic heterocycles. The number of benzene rings is 2. The maximum atomic E-state index is 12.7. The van der Waals surface area contributed by atoms with Crippen LogP contribution in [0.1, 0.15) is 6.92 Å². The number of hydrogen-bond donors (Lipinski definition) is 0. The summed E-state index contributed by atoms with van der Waals surface area (Å²) in [4.78, 5) is 14.2. The molecular weight excluding hydrogens is 342 g/mol. The average Bonchev–Trinajstić information content (AvgIpc) is 2.62. The van der Waals surface area contributed by atoms with Crippen LogP contribution in [0.5, 0.6) is 17.2 Å². The van der Waals surface area contributed by atoms with Gasteiger partial charge in [0.05, 0.1) is 11.6 Å². The molecule has 2 aromatic carbocycles. The highest BCUT2D eigenvalue weighted by molar-refractivity contribution is 6.32. The number of para-hydroxylation sites is 3. The molecule has 0 aliphatic carbocycles. The van der Waals surface area contributed by atoms with Crippen LogP contribution >= 0.6 is 11.6 Å². The molecule has 0 saturated heterocycles. The Morgan fingerprint density at radius 3 is 2.48 bits per heavy atom. The summed E-state index contributed by atoms with van der Waals surface area (Å²) in [6.07, 6.45) is -1.05. The van der Waals surface area contributed by atoms with Gasteiger partial charge in [-0.15, -0.1) is 0 Å². The van der Waals surface area contributed by atoms with E-state index in [2.05, 4.69) is 0 Å². The second-order valence-electron chi connectivity index (χ2n) is 5.85.